The predicted octanol–water partition coefficient (Wildman–Crippen LogP) is 1.54. The molecule has 1 aliphatic heterocycles. The van der Waals surface area contributed by atoms with Crippen molar-refractivity contribution in [2.75, 3.05) is 19.0 Å². The van der Waals surface area contributed by atoms with Crippen molar-refractivity contribution in [1.82, 2.24) is 5.32 Å². The summed E-state index contributed by atoms with van der Waals surface area (Å²) >= 11 is 7.51. The molecule has 1 aromatic rings. The number of benzene rings is 1. The number of rotatable bonds is 7. The van der Waals surface area contributed by atoms with E-state index < -0.39 is 12.0 Å². The summed E-state index contributed by atoms with van der Waals surface area (Å²) < 4.78 is 10.9. The van der Waals surface area contributed by atoms with E-state index in [0.29, 0.717) is 41.9 Å². The number of aliphatic carboxylic acids is 1. The normalized spacial score (nSPS) is 14.3. The summed E-state index contributed by atoms with van der Waals surface area (Å²) in [5, 5.41) is 11.6. The van der Waals surface area contributed by atoms with Gasteiger partial charge in [0.15, 0.2) is 11.5 Å². The molecular formula is C13H14ClNO5S. The number of amides is 1. The van der Waals surface area contributed by atoms with Crippen LogP contribution in [0.4, 0.5) is 0 Å². The van der Waals surface area contributed by atoms with E-state index in [1.165, 1.54) is 11.8 Å². The van der Waals surface area contributed by atoms with Gasteiger partial charge in [0.2, 0.25) is 6.41 Å². The Labute approximate surface area is 130 Å². The number of halogens is 1. The number of carbonyl (C=O) groups excluding carboxylic acids is 1. The van der Waals surface area contributed by atoms with Gasteiger partial charge < -0.3 is 19.9 Å². The van der Waals surface area contributed by atoms with Gasteiger partial charge in [-0.15, -0.1) is 0 Å². The molecule has 1 amide bonds. The van der Waals surface area contributed by atoms with E-state index in [1.807, 2.05) is 6.07 Å². The minimum atomic E-state index is -1.06. The molecule has 0 fully saturated rings. The number of carboxylic acids is 1. The van der Waals surface area contributed by atoms with Crippen LogP contribution < -0.4 is 14.8 Å². The Morgan fingerprint density at radius 3 is 2.95 bits per heavy atom. The minimum absolute atomic E-state index is 0.264. The van der Waals surface area contributed by atoms with E-state index in [1.54, 1.807) is 6.07 Å². The highest BCUT2D eigenvalue weighted by Crippen LogP contribution is 2.39. The third kappa shape index (κ3) is 4.18. The Balaban J connectivity index is 1.95. The van der Waals surface area contributed by atoms with Crippen LogP contribution in [-0.4, -0.2) is 42.5 Å². The molecule has 0 saturated carbocycles. The molecule has 1 aliphatic rings. The molecule has 8 heteroatoms. The van der Waals surface area contributed by atoms with Crippen molar-refractivity contribution < 1.29 is 24.2 Å². The van der Waals surface area contributed by atoms with Gasteiger partial charge in [0.25, 0.3) is 0 Å². The topological polar surface area (TPSA) is 84.9 Å². The summed E-state index contributed by atoms with van der Waals surface area (Å²) in [6.07, 6.45) is 0.389. The highest BCUT2D eigenvalue weighted by molar-refractivity contribution is 7.98. The molecule has 0 aliphatic carbocycles. The standard InChI is InChI=1S/C13H14ClNO5S/c14-9-3-8(4-11-12(9)20-2-1-19-11)5-21-6-10(13(17)18)15-7-16/h3-4,7,10H,1-2,5-6H2,(H,15,16)(H,17,18). The van der Waals surface area contributed by atoms with Gasteiger partial charge in [-0.25, -0.2) is 4.79 Å². The molecule has 1 heterocycles. The molecule has 114 valence electrons. The number of hydrogen-bond acceptors (Lipinski definition) is 5. The zero-order valence-electron chi connectivity index (χ0n) is 11.0. The van der Waals surface area contributed by atoms with Crippen LogP contribution in [0.2, 0.25) is 5.02 Å². The second kappa shape index (κ2) is 7.42. The van der Waals surface area contributed by atoms with E-state index in [0.717, 1.165) is 5.56 Å². The highest BCUT2D eigenvalue weighted by Gasteiger charge is 2.18. The maximum Gasteiger partial charge on any atom is 0.327 e. The molecule has 21 heavy (non-hydrogen) atoms. The molecule has 2 rings (SSSR count). The number of carbonyl (C=O) groups is 2. The van der Waals surface area contributed by atoms with Gasteiger partial charge in [0, 0.05) is 11.5 Å². The number of carboxylic acid groups (broad SMARTS) is 1. The second-order valence-corrected chi connectivity index (χ2v) is 5.73. The van der Waals surface area contributed by atoms with Crippen LogP contribution in [-0.2, 0) is 15.3 Å². The SMILES string of the molecule is O=CNC(CSCc1cc(Cl)c2c(c1)OCCO2)C(=O)O. The van der Waals surface area contributed by atoms with Crippen molar-refractivity contribution in [3.8, 4) is 11.5 Å². The smallest absolute Gasteiger partial charge is 0.327 e. The Hall–Kier alpha value is -1.60. The average molecular weight is 332 g/mol. The Morgan fingerprint density at radius 1 is 1.48 bits per heavy atom. The van der Waals surface area contributed by atoms with Crippen molar-refractivity contribution in [1.29, 1.82) is 0 Å². The summed E-state index contributed by atoms with van der Waals surface area (Å²) in [6, 6.07) is 2.70. The monoisotopic (exact) mass is 331 g/mol. The van der Waals surface area contributed by atoms with Crippen LogP contribution in [0.1, 0.15) is 5.56 Å². The first-order chi connectivity index (χ1) is 10.1. The van der Waals surface area contributed by atoms with Crippen molar-refractivity contribution in [3.05, 3.63) is 22.7 Å². The summed E-state index contributed by atoms with van der Waals surface area (Å²) in [5.74, 6) is 0.906. The molecule has 0 aromatic heterocycles. The molecule has 1 atom stereocenters. The van der Waals surface area contributed by atoms with Crippen LogP contribution >= 0.6 is 23.4 Å². The maximum absolute atomic E-state index is 10.9. The fourth-order valence-corrected chi connectivity index (χ4v) is 3.10. The molecule has 1 unspecified atom stereocenters. The van der Waals surface area contributed by atoms with Gasteiger partial charge in [-0.3, -0.25) is 4.79 Å². The molecule has 0 bridgehead atoms. The Morgan fingerprint density at radius 2 is 2.24 bits per heavy atom. The quantitative estimate of drug-likeness (QED) is 0.737. The fourth-order valence-electron chi connectivity index (χ4n) is 1.82. The van der Waals surface area contributed by atoms with Crippen LogP contribution in [0.3, 0.4) is 0 Å². The molecule has 0 saturated heterocycles. The second-order valence-electron chi connectivity index (χ2n) is 4.29. The van der Waals surface area contributed by atoms with Gasteiger partial charge in [-0.05, 0) is 17.7 Å². The lowest BCUT2D eigenvalue weighted by atomic mass is 10.2. The van der Waals surface area contributed by atoms with Crippen LogP contribution in [0.5, 0.6) is 11.5 Å². The lowest BCUT2D eigenvalue weighted by Crippen LogP contribution is -2.37. The van der Waals surface area contributed by atoms with Crippen molar-refractivity contribution in [2.45, 2.75) is 11.8 Å². The van der Waals surface area contributed by atoms with E-state index >= 15 is 0 Å². The van der Waals surface area contributed by atoms with Gasteiger partial charge in [-0.2, -0.15) is 11.8 Å². The van der Waals surface area contributed by atoms with E-state index in [2.05, 4.69) is 5.32 Å². The van der Waals surface area contributed by atoms with E-state index in [9.17, 15) is 9.59 Å². The third-order valence-electron chi connectivity index (χ3n) is 2.78. The predicted molar refractivity (Wildman–Crippen MR) is 79.2 cm³/mol. The number of hydrogen-bond donors (Lipinski definition) is 2. The zero-order valence-corrected chi connectivity index (χ0v) is 12.6. The van der Waals surface area contributed by atoms with Crippen molar-refractivity contribution in [2.24, 2.45) is 0 Å². The fraction of sp³-hybridized carbons (Fsp3) is 0.385. The average Bonchev–Trinajstić information content (AvgIpc) is 2.46. The first-order valence-electron chi connectivity index (χ1n) is 6.20. The molecule has 2 N–H and O–H groups in total. The maximum atomic E-state index is 10.9. The van der Waals surface area contributed by atoms with E-state index in [4.69, 9.17) is 26.2 Å². The Bertz CT molecular complexity index is 540. The van der Waals surface area contributed by atoms with Gasteiger partial charge in [0.1, 0.15) is 19.3 Å². The number of fused-ring (bicyclic) bond motifs is 1. The van der Waals surface area contributed by atoms with Gasteiger partial charge in [0.05, 0.1) is 5.02 Å². The number of thioether (sulfide) groups is 1. The first-order valence-corrected chi connectivity index (χ1v) is 7.73. The zero-order chi connectivity index (χ0) is 15.2. The molecular weight excluding hydrogens is 318 g/mol. The Kier molecular flexibility index (Phi) is 5.58. The van der Waals surface area contributed by atoms with E-state index in [-0.39, 0.29) is 5.75 Å². The van der Waals surface area contributed by atoms with Gasteiger partial charge in [-0.1, -0.05) is 11.6 Å². The van der Waals surface area contributed by atoms with Crippen LogP contribution in [0.25, 0.3) is 0 Å². The number of nitrogens with one attached hydrogen (secondary N) is 1. The van der Waals surface area contributed by atoms with Crippen molar-refractivity contribution >= 4 is 35.7 Å². The molecule has 0 radical (unpaired) electrons. The van der Waals surface area contributed by atoms with Crippen LogP contribution in [0, 0.1) is 0 Å². The third-order valence-corrected chi connectivity index (χ3v) is 4.16. The highest BCUT2D eigenvalue weighted by atomic mass is 35.5. The summed E-state index contributed by atoms with van der Waals surface area (Å²) in [4.78, 5) is 21.2. The molecule has 6 nitrogen and oxygen atoms in total. The van der Waals surface area contributed by atoms with Gasteiger partial charge >= 0.3 is 5.97 Å². The molecule has 0 spiro atoms. The lowest BCUT2D eigenvalue weighted by Gasteiger charge is -2.20. The van der Waals surface area contributed by atoms with Crippen molar-refractivity contribution in [3.63, 3.8) is 0 Å². The molecule has 1 aromatic carbocycles. The lowest BCUT2D eigenvalue weighted by molar-refractivity contribution is -0.139. The van der Waals surface area contributed by atoms with Crippen LogP contribution in [0.15, 0.2) is 12.1 Å². The largest absolute Gasteiger partial charge is 0.486 e. The summed E-state index contributed by atoms with van der Waals surface area (Å²) in [6.45, 7) is 0.947. The summed E-state index contributed by atoms with van der Waals surface area (Å²) in [5.41, 5.74) is 0.907. The number of ether oxygens (including phenoxy) is 2. The first kappa shape index (κ1) is 15.8. The summed E-state index contributed by atoms with van der Waals surface area (Å²) in [7, 11) is 0. The minimum Gasteiger partial charge on any atom is -0.486 e.